The van der Waals surface area contributed by atoms with E-state index in [2.05, 4.69) is 21.9 Å². The van der Waals surface area contributed by atoms with Gasteiger partial charge in [-0.2, -0.15) is 5.10 Å². The Morgan fingerprint density at radius 3 is 2.87 bits per heavy atom. The number of nitrogens with two attached hydrogens (primary N) is 1. The van der Waals surface area contributed by atoms with Crippen LogP contribution in [0.1, 0.15) is 29.4 Å². The van der Waals surface area contributed by atoms with Crippen molar-refractivity contribution < 1.29 is 14.7 Å². The van der Waals surface area contributed by atoms with E-state index < -0.39 is 11.5 Å². The van der Waals surface area contributed by atoms with Crippen LogP contribution in [-0.4, -0.2) is 56.3 Å². The van der Waals surface area contributed by atoms with E-state index in [0.717, 1.165) is 0 Å². The molecule has 0 radical (unpaired) electrons. The molecule has 2 heterocycles. The van der Waals surface area contributed by atoms with E-state index in [-0.39, 0.29) is 10.8 Å². The molecule has 3 aromatic rings. The molecular formula is C21H20ClN5O3. The van der Waals surface area contributed by atoms with Crippen molar-refractivity contribution in [1.29, 1.82) is 0 Å². The van der Waals surface area contributed by atoms with Crippen LogP contribution in [0.2, 0.25) is 5.15 Å². The lowest BCUT2D eigenvalue weighted by atomic mass is 10.0. The fourth-order valence-corrected chi connectivity index (χ4v) is 2.91. The van der Waals surface area contributed by atoms with Gasteiger partial charge in [0, 0.05) is 25.6 Å². The van der Waals surface area contributed by atoms with E-state index >= 15 is 0 Å². The summed E-state index contributed by atoms with van der Waals surface area (Å²) in [6.07, 6.45) is 1.01. The molecule has 0 unspecified atom stereocenters. The smallest absolute Gasteiger partial charge is 0.269 e. The molecule has 3 rings (SSSR count). The maximum Gasteiger partial charge on any atom is 0.269 e. The second-order valence-electron chi connectivity index (χ2n) is 7.04. The van der Waals surface area contributed by atoms with Crippen molar-refractivity contribution in [3.05, 3.63) is 52.8 Å². The van der Waals surface area contributed by atoms with Crippen LogP contribution in [0.4, 0.5) is 0 Å². The van der Waals surface area contributed by atoms with Gasteiger partial charge >= 0.3 is 0 Å². The summed E-state index contributed by atoms with van der Waals surface area (Å²) in [4.78, 5) is 28.2. The van der Waals surface area contributed by atoms with Crippen molar-refractivity contribution in [2.24, 2.45) is 5.73 Å². The Hall–Kier alpha value is -3.41. The van der Waals surface area contributed by atoms with Crippen LogP contribution in [0.25, 0.3) is 16.7 Å². The number of amides is 2. The minimum absolute atomic E-state index is 0.0906. The summed E-state index contributed by atoms with van der Waals surface area (Å²) < 4.78 is 1.48. The number of carbonyl (C=O) groups is 2. The average Bonchev–Trinajstić information content (AvgIpc) is 3.10. The van der Waals surface area contributed by atoms with Crippen molar-refractivity contribution in [3.8, 4) is 17.5 Å². The minimum atomic E-state index is -1.26. The summed E-state index contributed by atoms with van der Waals surface area (Å²) >= 11 is 6.02. The van der Waals surface area contributed by atoms with Crippen LogP contribution in [0.15, 0.2) is 36.4 Å². The number of halogens is 1. The van der Waals surface area contributed by atoms with Crippen LogP contribution in [0.5, 0.6) is 0 Å². The van der Waals surface area contributed by atoms with E-state index in [1.807, 2.05) is 0 Å². The molecule has 1 atom stereocenters. The zero-order valence-corrected chi connectivity index (χ0v) is 17.2. The first-order valence-electron chi connectivity index (χ1n) is 9.07. The molecule has 0 saturated heterocycles. The van der Waals surface area contributed by atoms with Gasteiger partial charge in [-0.3, -0.25) is 9.59 Å². The van der Waals surface area contributed by atoms with E-state index in [0.29, 0.717) is 41.7 Å². The predicted octanol–water partition coefficient (Wildman–Crippen LogP) is 1.75. The van der Waals surface area contributed by atoms with Gasteiger partial charge in [0.05, 0.1) is 11.1 Å². The second kappa shape index (κ2) is 8.53. The fourth-order valence-electron chi connectivity index (χ4n) is 2.77. The highest BCUT2D eigenvalue weighted by Crippen LogP contribution is 2.23. The van der Waals surface area contributed by atoms with Gasteiger partial charge in [0.25, 0.3) is 5.91 Å². The van der Waals surface area contributed by atoms with Gasteiger partial charge in [-0.1, -0.05) is 29.5 Å². The number of hydrogen-bond donors (Lipinski definition) is 2. The average molecular weight is 426 g/mol. The Morgan fingerprint density at radius 1 is 1.40 bits per heavy atom. The highest BCUT2D eigenvalue weighted by molar-refractivity contribution is 6.29. The summed E-state index contributed by atoms with van der Waals surface area (Å²) in [6, 6.07) is 10.3. The number of primary amides is 1. The van der Waals surface area contributed by atoms with E-state index in [1.165, 1.54) is 9.58 Å². The quantitative estimate of drug-likeness (QED) is 0.355. The first-order chi connectivity index (χ1) is 14.2. The molecule has 0 aliphatic carbocycles. The number of nitrogens with zero attached hydrogens (tertiary/aromatic N) is 4. The standard InChI is InChI=1S/C21H20ClN5O3/c1-21(30,10-11-26(2)13-28)9-8-14-4-3-5-15(12-14)27-20-16(6-7-17(22)24-20)18(25-27)19(23)29/h3-7,12-13,30H,10-11H2,1-2H3,(H2,23,29)/t21-/m0/s1. The van der Waals surface area contributed by atoms with Crippen molar-refractivity contribution in [2.75, 3.05) is 13.6 Å². The third kappa shape index (κ3) is 4.76. The van der Waals surface area contributed by atoms with Crippen LogP contribution in [0, 0.1) is 11.8 Å². The molecule has 30 heavy (non-hydrogen) atoms. The molecule has 2 amide bonds. The minimum Gasteiger partial charge on any atom is -0.378 e. The van der Waals surface area contributed by atoms with E-state index in [1.54, 1.807) is 50.4 Å². The van der Waals surface area contributed by atoms with Crippen molar-refractivity contribution in [3.63, 3.8) is 0 Å². The molecule has 1 aromatic carbocycles. The molecule has 0 bridgehead atoms. The number of aliphatic hydroxyl groups is 1. The maximum atomic E-state index is 11.8. The second-order valence-corrected chi connectivity index (χ2v) is 7.43. The van der Waals surface area contributed by atoms with Crippen LogP contribution < -0.4 is 5.73 Å². The third-order valence-electron chi connectivity index (χ3n) is 4.43. The van der Waals surface area contributed by atoms with Gasteiger partial charge in [-0.05, 0) is 37.3 Å². The van der Waals surface area contributed by atoms with Crippen molar-refractivity contribution in [1.82, 2.24) is 19.7 Å². The molecule has 8 nitrogen and oxygen atoms in total. The first-order valence-corrected chi connectivity index (χ1v) is 9.44. The summed E-state index contributed by atoms with van der Waals surface area (Å²) in [5.41, 5.74) is 5.90. The lowest BCUT2D eigenvalue weighted by Crippen LogP contribution is -2.29. The molecule has 3 N–H and O–H groups in total. The van der Waals surface area contributed by atoms with Gasteiger partial charge in [0.1, 0.15) is 10.8 Å². The zero-order chi connectivity index (χ0) is 21.9. The van der Waals surface area contributed by atoms with Gasteiger partial charge < -0.3 is 15.7 Å². The molecule has 0 fully saturated rings. The topological polar surface area (TPSA) is 114 Å². The molecule has 0 saturated carbocycles. The normalized spacial score (nSPS) is 12.7. The SMILES string of the molecule is CN(C=O)CC[C@@](C)(O)C#Cc1cccc(-n2nc(C(N)=O)c3ccc(Cl)nc32)c1. The predicted molar refractivity (Wildman–Crippen MR) is 113 cm³/mol. The molecule has 0 aliphatic rings. The first kappa shape index (κ1) is 21.3. The molecule has 9 heteroatoms. The zero-order valence-electron chi connectivity index (χ0n) is 16.5. The monoisotopic (exact) mass is 425 g/mol. The number of rotatable bonds is 6. The Bertz CT molecular complexity index is 1180. The summed E-state index contributed by atoms with van der Waals surface area (Å²) in [5, 5.41) is 15.5. The van der Waals surface area contributed by atoms with Gasteiger partial charge in [0.2, 0.25) is 6.41 Å². The lowest BCUT2D eigenvalue weighted by molar-refractivity contribution is -0.117. The molecule has 0 aliphatic heterocycles. The Morgan fingerprint density at radius 2 is 2.17 bits per heavy atom. The number of carbonyl (C=O) groups excluding carboxylic acids is 2. The number of hydrogen-bond acceptors (Lipinski definition) is 5. The van der Waals surface area contributed by atoms with Crippen LogP contribution >= 0.6 is 11.6 Å². The van der Waals surface area contributed by atoms with E-state index in [9.17, 15) is 14.7 Å². The number of aromatic nitrogens is 3. The lowest BCUT2D eigenvalue weighted by Gasteiger charge is -2.19. The number of fused-ring (bicyclic) bond motifs is 1. The number of benzene rings is 1. The Kier molecular flexibility index (Phi) is 6.06. The van der Waals surface area contributed by atoms with Gasteiger partial charge in [0.15, 0.2) is 11.3 Å². The Labute approximate surface area is 178 Å². The van der Waals surface area contributed by atoms with Crippen LogP contribution in [-0.2, 0) is 4.79 Å². The van der Waals surface area contributed by atoms with Gasteiger partial charge in [-0.25, -0.2) is 9.67 Å². The highest BCUT2D eigenvalue weighted by Gasteiger charge is 2.18. The fraction of sp³-hybridized carbons (Fsp3) is 0.238. The Balaban J connectivity index is 1.97. The van der Waals surface area contributed by atoms with E-state index in [4.69, 9.17) is 17.3 Å². The highest BCUT2D eigenvalue weighted by atomic mass is 35.5. The molecule has 0 spiro atoms. The maximum absolute atomic E-state index is 11.8. The largest absolute Gasteiger partial charge is 0.378 e. The summed E-state index contributed by atoms with van der Waals surface area (Å²) in [5.74, 6) is 5.09. The van der Waals surface area contributed by atoms with Gasteiger partial charge in [-0.15, -0.1) is 0 Å². The van der Waals surface area contributed by atoms with Crippen molar-refractivity contribution >= 4 is 35.0 Å². The molecule has 2 aromatic heterocycles. The van der Waals surface area contributed by atoms with Crippen LogP contribution in [0.3, 0.4) is 0 Å². The third-order valence-corrected chi connectivity index (χ3v) is 4.64. The summed E-state index contributed by atoms with van der Waals surface area (Å²) in [7, 11) is 1.63. The number of pyridine rings is 1. The van der Waals surface area contributed by atoms with Crippen molar-refractivity contribution in [2.45, 2.75) is 18.9 Å². The molecular weight excluding hydrogens is 406 g/mol. The summed E-state index contributed by atoms with van der Waals surface area (Å²) in [6.45, 7) is 1.97. The molecule has 154 valence electrons.